The molecule has 0 radical (unpaired) electrons. The lowest BCUT2D eigenvalue weighted by Gasteiger charge is -1.96. The molecular formula is C11H14N2O. The molecule has 0 aliphatic rings. The molecule has 14 heavy (non-hydrogen) atoms. The standard InChI is InChI=1S/C11H14N2O/c1-7-3-4-10-11(13-7)9(5-6-12)8(2)14-10/h3-4H,5-6,12H2,1-2H3. The fraction of sp³-hybridized carbons (Fsp3) is 0.364. The van der Waals surface area contributed by atoms with Crippen molar-refractivity contribution < 1.29 is 4.42 Å². The van der Waals surface area contributed by atoms with Gasteiger partial charge in [-0.3, -0.25) is 0 Å². The maximum Gasteiger partial charge on any atom is 0.153 e. The summed E-state index contributed by atoms with van der Waals surface area (Å²) in [6.07, 6.45) is 0.829. The highest BCUT2D eigenvalue weighted by Crippen LogP contribution is 2.23. The average Bonchev–Trinajstić information content (AvgIpc) is 2.45. The number of furan rings is 1. The van der Waals surface area contributed by atoms with Crippen LogP contribution in [-0.2, 0) is 6.42 Å². The maximum atomic E-state index is 5.59. The van der Waals surface area contributed by atoms with Gasteiger partial charge < -0.3 is 10.2 Å². The number of nitrogens with zero attached hydrogens (tertiary/aromatic N) is 1. The van der Waals surface area contributed by atoms with Crippen LogP contribution in [0.2, 0.25) is 0 Å². The van der Waals surface area contributed by atoms with E-state index in [1.54, 1.807) is 0 Å². The molecule has 3 heteroatoms. The highest BCUT2D eigenvalue weighted by Gasteiger charge is 2.10. The lowest BCUT2D eigenvalue weighted by molar-refractivity contribution is 0.571. The van der Waals surface area contributed by atoms with Gasteiger partial charge in [0.25, 0.3) is 0 Å². The summed E-state index contributed by atoms with van der Waals surface area (Å²) < 4.78 is 5.59. The second-order valence-electron chi connectivity index (χ2n) is 3.47. The van der Waals surface area contributed by atoms with Crippen molar-refractivity contribution in [3.05, 3.63) is 29.2 Å². The SMILES string of the molecule is Cc1ccc2oc(C)c(CCN)c2n1. The highest BCUT2D eigenvalue weighted by atomic mass is 16.3. The smallest absolute Gasteiger partial charge is 0.153 e. The minimum absolute atomic E-state index is 0.630. The summed E-state index contributed by atoms with van der Waals surface area (Å²) in [5.74, 6) is 0.934. The van der Waals surface area contributed by atoms with E-state index in [2.05, 4.69) is 4.98 Å². The zero-order chi connectivity index (χ0) is 10.1. The summed E-state index contributed by atoms with van der Waals surface area (Å²) in [7, 11) is 0. The van der Waals surface area contributed by atoms with Crippen LogP contribution in [-0.4, -0.2) is 11.5 Å². The average molecular weight is 190 g/mol. The van der Waals surface area contributed by atoms with Crippen molar-refractivity contribution in [3.63, 3.8) is 0 Å². The Bertz CT molecular complexity index is 460. The molecule has 74 valence electrons. The number of pyridine rings is 1. The van der Waals surface area contributed by atoms with Gasteiger partial charge >= 0.3 is 0 Å². The minimum Gasteiger partial charge on any atom is -0.459 e. The number of aromatic nitrogens is 1. The molecule has 0 saturated heterocycles. The summed E-state index contributed by atoms with van der Waals surface area (Å²) in [4.78, 5) is 4.47. The van der Waals surface area contributed by atoms with Gasteiger partial charge in [0.05, 0.1) is 0 Å². The Hall–Kier alpha value is -1.35. The van der Waals surface area contributed by atoms with E-state index in [-0.39, 0.29) is 0 Å². The molecule has 2 aromatic heterocycles. The summed E-state index contributed by atoms with van der Waals surface area (Å²) in [5, 5.41) is 0. The van der Waals surface area contributed by atoms with Gasteiger partial charge in [0, 0.05) is 11.3 Å². The first-order valence-electron chi connectivity index (χ1n) is 4.78. The predicted octanol–water partition coefficient (Wildman–Crippen LogP) is 1.95. The maximum absolute atomic E-state index is 5.59. The molecule has 0 saturated carbocycles. The fourth-order valence-corrected chi connectivity index (χ4v) is 1.67. The predicted molar refractivity (Wildman–Crippen MR) is 56.2 cm³/mol. The second kappa shape index (κ2) is 3.42. The minimum atomic E-state index is 0.630. The molecule has 0 fully saturated rings. The van der Waals surface area contributed by atoms with Crippen LogP contribution >= 0.6 is 0 Å². The Morgan fingerprint density at radius 1 is 1.36 bits per heavy atom. The van der Waals surface area contributed by atoms with Crippen molar-refractivity contribution in [1.29, 1.82) is 0 Å². The van der Waals surface area contributed by atoms with Crippen LogP contribution in [0.5, 0.6) is 0 Å². The number of hydrogen-bond donors (Lipinski definition) is 1. The molecule has 0 bridgehead atoms. The first-order valence-corrected chi connectivity index (χ1v) is 4.78. The van der Waals surface area contributed by atoms with Crippen molar-refractivity contribution in [2.75, 3.05) is 6.54 Å². The fourth-order valence-electron chi connectivity index (χ4n) is 1.67. The van der Waals surface area contributed by atoms with Gasteiger partial charge in [-0.1, -0.05) is 0 Å². The van der Waals surface area contributed by atoms with E-state index in [1.807, 2.05) is 26.0 Å². The first kappa shape index (κ1) is 9.21. The van der Waals surface area contributed by atoms with Crippen LogP contribution in [0, 0.1) is 13.8 Å². The summed E-state index contributed by atoms with van der Waals surface area (Å²) >= 11 is 0. The Balaban J connectivity index is 2.66. The lowest BCUT2D eigenvalue weighted by atomic mass is 10.1. The summed E-state index contributed by atoms with van der Waals surface area (Å²) in [5.41, 5.74) is 9.53. The van der Waals surface area contributed by atoms with Gasteiger partial charge in [0.2, 0.25) is 0 Å². The molecule has 3 nitrogen and oxygen atoms in total. The quantitative estimate of drug-likeness (QED) is 0.787. The van der Waals surface area contributed by atoms with Crippen molar-refractivity contribution in [1.82, 2.24) is 4.98 Å². The largest absolute Gasteiger partial charge is 0.459 e. The van der Waals surface area contributed by atoms with Crippen molar-refractivity contribution >= 4 is 11.1 Å². The third-order valence-electron chi connectivity index (χ3n) is 2.37. The molecule has 0 spiro atoms. The molecule has 0 aliphatic carbocycles. The van der Waals surface area contributed by atoms with Gasteiger partial charge in [0.1, 0.15) is 11.3 Å². The zero-order valence-corrected chi connectivity index (χ0v) is 8.50. The van der Waals surface area contributed by atoms with E-state index in [1.165, 1.54) is 0 Å². The molecule has 0 amide bonds. The number of rotatable bonds is 2. The van der Waals surface area contributed by atoms with Crippen LogP contribution in [0.25, 0.3) is 11.1 Å². The molecule has 2 aromatic rings. The van der Waals surface area contributed by atoms with Gasteiger partial charge in [0.15, 0.2) is 5.58 Å². The Morgan fingerprint density at radius 2 is 2.14 bits per heavy atom. The monoisotopic (exact) mass is 190 g/mol. The van der Waals surface area contributed by atoms with Crippen molar-refractivity contribution in [3.8, 4) is 0 Å². The van der Waals surface area contributed by atoms with Crippen LogP contribution in [0.1, 0.15) is 17.0 Å². The van der Waals surface area contributed by atoms with Crippen molar-refractivity contribution in [2.45, 2.75) is 20.3 Å². The number of fused-ring (bicyclic) bond motifs is 1. The van der Waals surface area contributed by atoms with Crippen LogP contribution in [0.3, 0.4) is 0 Å². The van der Waals surface area contributed by atoms with Crippen LogP contribution < -0.4 is 5.73 Å². The van der Waals surface area contributed by atoms with E-state index in [0.717, 1.165) is 34.5 Å². The zero-order valence-electron chi connectivity index (χ0n) is 8.50. The number of hydrogen-bond acceptors (Lipinski definition) is 3. The Kier molecular flexibility index (Phi) is 2.25. The third kappa shape index (κ3) is 1.40. The van der Waals surface area contributed by atoms with Gasteiger partial charge in [-0.2, -0.15) is 0 Å². The molecule has 0 unspecified atom stereocenters. The topological polar surface area (TPSA) is 52.0 Å². The van der Waals surface area contributed by atoms with E-state index >= 15 is 0 Å². The van der Waals surface area contributed by atoms with Crippen molar-refractivity contribution in [2.24, 2.45) is 5.73 Å². The third-order valence-corrected chi connectivity index (χ3v) is 2.37. The Labute approximate surface area is 82.9 Å². The van der Waals surface area contributed by atoms with Gasteiger partial charge in [-0.25, -0.2) is 4.98 Å². The lowest BCUT2D eigenvalue weighted by Crippen LogP contribution is -2.03. The van der Waals surface area contributed by atoms with E-state index in [4.69, 9.17) is 10.2 Å². The van der Waals surface area contributed by atoms with Crippen LogP contribution in [0.4, 0.5) is 0 Å². The molecule has 0 aromatic carbocycles. The normalized spacial score (nSPS) is 11.1. The molecule has 2 rings (SSSR count). The van der Waals surface area contributed by atoms with Crippen LogP contribution in [0.15, 0.2) is 16.5 Å². The second-order valence-corrected chi connectivity index (χ2v) is 3.47. The highest BCUT2D eigenvalue weighted by molar-refractivity contribution is 5.78. The first-order chi connectivity index (χ1) is 6.72. The molecular weight excluding hydrogens is 176 g/mol. The summed E-state index contributed by atoms with van der Waals surface area (Å²) in [6, 6.07) is 3.92. The molecule has 2 heterocycles. The molecule has 0 atom stereocenters. The van der Waals surface area contributed by atoms with Gasteiger partial charge in [-0.05, 0) is 38.9 Å². The summed E-state index contributed by atoms with van der Waals surface area (Å²) in [6.45, 7) is 4.57. The van der Waals surface area contributed by atoms with Gasteiger partial charge in [-0.15, -0.1) is 0 Å². The number of aryl methyl sites for hydroxylation is 2. The van der Waals surface area contributed by atoms with E-state index < -0.39 is 0 Å². The Morgan fingerprint density at radius 3 is 2.86 bits per heavy atom. The van der Waals surface area contributed by atoms with E-state index in [0.29, 0.717) is 6.54 Å². The molecule has 2 N–H and O–H groups in total. The number of nitrogens with two attached hydrogens (primary N) is 1. The molecule has 0 aliphatic heterocycles. The van der Waals surface area contributed by atoms with E-state index in [9.17, 15) is 0 Å².